The molecule has 20 aromatic carbocycles. The van der Waals surface area contributed by atoms with Crippen molar-refractivity contribution in [3.63, 3.8) is 0 Å². The molecule has 0 atom stereocenters. The molecule has 15 heteroatoms. The molecule has 12 heterocycles. The van der Waals surface area contributed by atoms with E-state index in [2.05, 4.69) is 495 Å². The van der Waals surface area contributed by atoms with Crippen LogP contribution in [0.5, 0.6) is 0 Å². The van der Waals surface area contributed by atoms with Gasteiger partial charge in [0, 0.05) is 147 Å². The summed E-state index contributed by atoms with van der Waals surface area (Å²) in [5.41, 5.74) is 31.9. The molecule has 12 aromatic heterocycles. The van der Waals surface area contributed by atoms with Crippen molar-refractivity contribution in [2.24, 2.45) is 0 Å². The van der Waals surface area contributed by atoms with Crippen LogP contribution in [0.4, 0.5) is 0 Å². The maximum Gasteiger partial charge on any atom is 0.235 e. The molecule has 686 valence electrons. The standard InChI is InChI=1S/2C46H28N4S.C40H24N4S/c1-2-12-32(13-3-1)49-40-19-8-5-16-35(40)38-26-29(22-24-41(38)49)30-21-23-36-34-15-4-7-18-39(34)50(42(36)27-30)33-14-10-11-31(25-33)46-47-28-44-45(48-46)37-17-6-9-20-43(37)51-44;1-2-12-32(13-3-1)49-39-18-7-4-15-34(39)37-26-29(21-23-41(37)49)30-22-24-42-38(27-30)35-16-5-8-19-40(35)50(42)33-14-10-11-31(25-33)46-47-28-44-45(48-46)36-17-6-9-20-43(36)51-44;1-2-10-27(11-3-1)43-33-15-7-5-13-29(33)32-22-25(19-21-35(32)43)26-18-20-30-28-12-4-8-16-34(28)44(36(30)23-26)40-41-24-38-39(42-40)31-14-6-9-17-37(31)45-38/h2*1-28H;1-24H. The molecule has 0 spiro atoms. The first-order chi connectivity index (χ1) is 72.9. The van der Waals surface area contributed by atoms with Crippen LogP contribution in [0.1, 0.15) is 0 Å². The highest BCUT2D eigenvalue weighted by Gasteiger charge is 2.25. The number of nitrogens with zero attached hydrogens (tertiary/aromatic N) is 12. The summed E-state index contributed by atoms with van der Waals surface area (Å²) in [5, 5.41) is 18.3. The maximum absolute atomic E-state index is 5.17. The van der Waals surface area contributed by atoms with E-state index < -0.39 is 0 Å². The van der Waals surface area contributed by atoms with Gasteiger partial charge in [0.15, 0.2) is 11.6 Å². The van der Waals surface area contributed by atoms with E-state index in [1.807, 2.05) is 18.6 Å². The Morgan fingerprint density at radius 2 is 0.388 bits per heavy atom. The van der Waals surface area contributed by atoms with Gasteiger partial charge in [-0.3, -0.25) is 4.57 Å². The highest BCUT2D eigenvalue weighted by Crippen LogP contribution is 2.47. The molecule has 0 amide bonds. The number of aromatic nitrogens is 12. The Morgan fingerprint density at radius 3 is 0.741 bits per heavy atom. The van der Waals surface area contributed by atoms with E-state index in [-0.39, 0.29) is 0 Å². The Balaban J connectivity index is 0.000000102. The third-order valence-electron chi connectivity index (χ3n) is 29.3. The lowest BCUT2D eigenvalue weighted by Gasteiger charge is -2.11. The second-order valence-electron chi connectivity index (χ2n) is 37.6. The fourth-order valence-corrected chi connectivity index (χ4v) is 25.8. The SMILES string of the molecule is c1ccc(-n2c3ccccc3c3cc(-c4ccc5c(c4)c4ccccc4n5-c4cccc(-c5ncc6sc7ccccc7c6n5)c4)ccc32)cc1.c1ccc(-n2c3ccccc3c3cc(-c4ccc5c6ccccc6n(-c6cccc(-c7ncc8sc9ccccc9c8n7)c6)c5c4)ccc32)cc1.c1ccc(-n2c3ccccc3c3cc(-c4ccc5c6ccccc6n(-c6ncc7sc8ccccc8c7n6)c5c4)ccc32)cc1. The zero-order valence-electron chi connectivity index (χ0n) is 78.8. The molecule has 0 saturated heterocycles. The predicted octanol–water partition coefficient (Wildman–Crippen LogP) is 35.5. The molecule has 0 saturated carbocycles. The molecule has 32 aromatic rings. The molecule has 0 fully saturated rings. The van der Waals surface area contributed by atoms with Crippen LogP contribution in [-0.4, -0.2) is 57.3 Å². The van der Waals surface area contributed by atoms with Crippen molar-refractivity contribution in [3.05, 3.63) is 486 Å². The fourth-order valence-electron chi connectivity index (χ4n) is 22.7. The lowest BCUT2D eigenvalue weighted by atomic mass is 10.0. The van der Waals surface area contributed by atoms with Gasteiger partial charge in [0.2, 0.25) is 5.95 Å². The van der Waals surface area contributed by atoms with Crippen molar-refractivity contribution in [3.8, 4) is 90.5 Å². The van der Waals surface area contributed by atoms with E-state index in [1.54, 1.807) is 34.0 Å². The van der Waals surface area contributed by atoms with Crippen LogP contribution in [0, 0.1) is 0 Å². The Bertz CT molecular complexity index is 11000. The minimum Gasteiger partial charge on any atom is -0.309 e. The smallest absolute Gasteiger partial charge is 0.235 e. The first kappa shape index (κ1) is 83.8. The Kier molecular flexibility index (Phi) is 19.3. The van der Waals surface area contributed by atoms with Crippen molar-refractivity contribution < 1.29 is 0 Å². The summed E-state index contributed by atoms with van der Waals surface area (Å²) in [4.78, 5) is 29.9. The quantitative estimate of drug-likeness (QED) is 0.128. The van der Waals surface area contributed by atoms with Gasteiger partial charge in [0.25, 0.3) is 0 Å². The van der Waals surface area contributed by atoms with Gasteiger partial charge in [-0.2, -0.15) is 0 Å². The monoisotopic (exact) mass is 1930 g/mol. The second kappa shape index (κ2) is 33.9. The number of thiophene rings is 3. The first-order valence-electron chi connectivity index (χ1n) is 49.4. The van der Waals surface area contributed by atoms with E-state index in [9.17, 15) is 0 Å². The molecule has 0 aliphatic rings. The number of benzene rings is 20. The molecule has 147 heavy (non-hydrogen) atoms. The van der Waals surface area contributed by atoms with Gasteiger partial charge in [0.1, 0.15) is 0 Å². The van der Waals surface area contributed by atoms with E-state index in [0.29, 0.717) is 5.95 Å². The van der Waals surface area contributed by atoms with Crippen molar-refractivity contribution in [2.75, 3.05) is 0 Å². The molecule has 0 aliphatic carbocycles. The molecule has 0 radical (unpaired) electrons. The third-order valence-corrected chi connectivity index (χ3v) is 32.6. The lowest BCUT2D eigenvalue weighted by molar-refractivity contribution is 1.01. The summed E-state index contributed by atoms with van der Waals surface area (Å²) >= 11 is 5.22. The summed E-state index contributed by atoms with van der Waals surface area (Å²) in [6.07, 6.45) is 5.91. The van der Waals surface area contributed by atoms with Crippen molar-refractivity contribution in [1.29, 1.82) is 0 Å². The third kappa shape index (κ3) is 13.7. The van der Waals surface area contributed by atoms with Crippen LogP contribution in [-0.2, 0) is 0 Å². The van der Waals surface area contributed by atoms with E-state index in [0.717, 1.165) is 92.6 Å². The van der Waals surface area contributed by atoms with Gasteiger partial charge in [-0.15, -0.1) is 34.0 Å². The van der Waals surface area contributed by atoms with E-state index in [4.69, 9.17) is 29.9 Å². The Morgan fingerprint density at radius 1 is 0.143 bits per heavy atom. The van der Waals surface area contributed by atoms with Crippen LogP contribution in [0.3, 0.4) is 0 Å². The first-order valence-corrected chi connectivity index (χ1v) is 51.9. The highest BCUT2D eigenvalue weighted by atomic mass is 32.1. The van der Waals surface area contributed by atoms with Crippen LogP contribution in [0.15, 0.2) is 486 Å². The minimum atomic E-state index is 0.691. The number of para-hydroxylation sites is 9. The Labute approximate surface area is 852 Å². The molecule has 0 bridgehead atoms. The summed E-state index contributed by atoms with van der Waals surface area (Å²) in [7, 11) is 0. The number of hydrogen-bond acceptors (Lipinski definition) is 9. The molecule has 0 unspecified atom stereocenters. The molecule has 0 N–H and O–H groups in total. The molecular weight excluding hydrogens is 1850 g/mol. The largest absolute Gasteiger partial charge is 0.309 e. The summed E-state index contributed by atoms with van der Waals surface area (Å²) in [6.45, 7) is 0. The van der Waals surface area contributed by atoms with Crippen LogP contribution in [0.25, 0.3) is 282 Å². The molecule has 12 nitrogen and oxygen atoms in total. The maximum atomic E-state index is 5.17. The van der Waals surface area contributed by atoms with Crippen LogP contribution >= 0.6 is 34.0 Å². The van der Waals surface area contributed by atoms with Crippen molar-refractivity contribution >= 4 is 226 Å². The van der Waals surface area contributed by atoms with Crippen LogP contribution < -0.4 is 0 Å². The molecule has 32 rings (SSSR count). The highest BCUT2D eigenvalue weighted by molar-refractivity contribution is 7.26. The van der Waals surface area contributed by atoms with Gasteiger partial charge >= 0.3 is 0 Å². The fraction of sp³-hybridized carbons (Fsp3) is 0. The summed E-state index contributed by atoms with van der Waals surface area (Å²) in [6, 6.07) is 168. The predicted molar refractivity (Wildman–Crippen MR) is 618 cm³/mol. The normalized spacial score (nSPS) is 11.9. The average molecular weight is 1930 g/mol. The number of hydrogen-bond donors (Lipinski definition) is 0. The van der Waals surface area contributed by atoms with Gasteiger partial charge < -0.3 is 22.8 Å². The Hall–Kier alpha value is -18.9. The zero-order valence-corrected chi connectivity index (χ0v) is 81.2. The van der Waals surface area contributed by atoms with E-state index >= 15 is 0 Å². The van der Waals surface area contributed by atoms with Gasteiger partial charge in [-0.25, -0.2) is 29.9 Å². The van der Waals surface area contributed by atoms with Gasteiger partial charge in [-0.05, 0) is 209 Å². The van der Waals surface area contributed by atoms with Crippen molar-refractivity contribution in [1.82, 2.24) is 57.3 Å². The van der Waals surface area contributed by atoms with Gasteiger partial charge in [-0.1, -0.05) is 291 Å². The number of rotatable bonds is 11. The summed E-state index contributed by atoms with van der Waals surface area (Å²) < 4.78 is 21.1. The second-order valence-corrected chi connectivity index (χ2v) is 40.9. The van der Waals surface area contributed by atoms with Crippen molar-refractivity contribution in [2.45, 2.75) is 0 Å². The van der Waals surface area contributed by atoms with Gasteiger partial charge in [0.05, 0.1) is 103 Å². The minimum absolute atomic E-state index is 0.691. The number of fused-ring (bicyclic) bond motifs is 27. The summed E-state index contributed by atoms with van der Waals surface area (Å²) in [5.74, 6) is 2.16. The zero-order chi connectivity index (χ0) is 96.4. The molecular formula is C132H80N12S3. The van der Waals surface area contributed by atoms with E-state index in [1.165, 1.54) is 184 Å². The molecule has 0 aliphatic heterocycles. The van der Waals surface area contributed by atoms with Crippen LogP contribution in [0.2, 0.25) is 0 Å². The average Bonchev–Trinajstić information content (AvgIpc) is 1.47. The lowest BCUT2D eigenvalue weighted by Crippen LogP contribution is -2.00. The topological polar surface area (TPSA) is 107 Å².